The van der Waals surface area contributed by atoms with Crippen LogP contribution in [0.4, 0.5) is 15.8 Å². The predicted octanol–water partition coefficient (Wildman–Crippen LogP) is 4.55. The first-order valence-corrected chi connectivity index (χ1v) is 12.7. The highest BCUT2D eigenvalue weighted by molar-refractivity contribution is 7.92. The number of rotatable bonds is 6. The van der Waals surface area contributed by atoms with E-state index in [4.69, 9.17) is 4.74 Å². The number of benzene rings is 2. The van der Waals surface area contributed by atoms with Crippen LogP contribution in [0.2, 0.25) is 0 Å². The van der Waals surface area contributed by atoms with Gasteiger partial charge in [-0.25, -0.2) is 12.8 Å². The van der Waals surface area contributed by atoms with E-state index < -0.39 is 20.7 Å². The Morgan fingerprint density at radius 2 is 1.84 bits per heavy atom. The quantitative estimate of drug-likeness (QED) is 0.547. The van der Waals surface area contributed by atoms with Crippen molar-refractivity contribution in [2.75, 3.05) is 29.8 Å². The van der Waals surface area contributed by atoms with Gasteiger partial charge in [0.25, 0.3) is 10.0 Å². The summed E-state index contributed by atoms with van der Waals surface area (Å²) in [5, 5.41) is 7.25. The molecule has 0 radical (unpaired) electrons. The zero-order valence-corrected chi connectivity index (χ0v) is 19.8. The number of nitrogens with one attached hydrogen (secondary N) is 2. The Kier molecular flexibility index (Phi) is 6.41. The molecular weight excluding hydrogens is 449 g/mol. The summed E-state index contributed by atoms with van der Waals surface area (Å²) in [7, 11) is -2.69. The zero-order chi connectivity index (χ0) is 22.9. The van der Waals surface area contributed by atoms with E-state index in [9.17, 15) is 12.8 Å². The lowest BCUT2D eigenvalue weighted by molar-refractivity contribution is 0.406. The van der Waals surface area contributed by atoms with Gasteiger partial charge in [0, 0.05) is 30.9 Å². The lowest BCUT2D eigenvalue weighted by Crippen LogP contribution is -2.54. The molecule has 2 heterocycles. The van der Waals surface area contributed by atoms with E-state index in [1.165, 1.54) is 30.6 Å². The second kappa shape index (κ2) is 9.09. The van der Waals surface area contributed by atoms with Crippen molar-refractivity contribution in [2.24, 2.45) is 0 Å². The van der Waals surface area contributed by atoms with Crippen LogP contribution in [0, 0.1) is 5.82 Å². The summed E-state index contributed by atoms with van der Waals surface area (Å²) < 4.78 is 48.8. The van der Waals surface area contributed by atoms with Crippen molar-refractivity contribution in [3.8, 4) is 16.9 Å². The normalized spacial score (nSPS) is 19.1. The van der Waals surface area contributed by atoms with Gasteiger partial charge in [-0.05, 0) is 72.1 Å². The van der Waals surface area contributed by atoms with Crippen molar-refractivity contribution in [1.29, 1.82) is 0 Å². The van der Waals surface area contributed by atoms with Crippen molar-refractivity contribution in [1.82, 2.24) is 5.32 Å². The fraction of sp³-hybridized carbons (Fsp3) is 0.304. The highest BCUT2D eigenvalue weighted by Gasteiger charge is 2.24. The van der Waals surface area contributed by atoms with E-state index in [1.807, 2.05) is 22.9 Å². The first-order chi connectivity index (χ1) is 15.3. The number of ether oxygens (including phenoxy) is 1. The Balaban J connectivity index is 1.64. The molecule has 1 fully saturated rings. The number of sulfonamides is 1. The summed E-state index contributed by atoms with van der Waals surface area (Å²) >= 11 is 1.49. The second-order valence-electron chi connectivity index (χ2n) is 8.02. The number of methoxy groups -OCH3 is 1. The molecule has 0 amide bonds. The molecule has 170 valence electrons. The highest BCUT2D eigenvalue weighted by Crippen LogP contribution is 2.33. The maximum atomic E-state index is 14.8. The Morgan fingerprint density at radius 1 is 1.09 bits per heavy atom. The first kappa shape index (κ1) is 22.6. The Morgan fingerprint density at radius 3 is 2.47 bits per heavy atom. The topological polar surface area (TPSA) is 70.7 Å². The van der Waals surface area contributed by atoms with E-state index in [2.05, 4.69) is 28.8 Å². The number of hydrogen-bond donors (Lipinski definition) is 2. The molecule has 1 aromatic heterocycles. The number of hydrogen-bond acceptors (Lipinski definition) is 6. The molecule has 2 atom stereocenters. The van der Waals surface area contributed by atoms with Crippen molar-refractivity contribution >= 4 is 32.7 Å². The number of halogens is 1. The van der Waals surface area contributed by atoms with Gasteiger partial charge in [0.1, 0.15) is 16.5 Å². The van der Waals surface area contributed by atoms with Gasteiger partial charge in [-0.15, -0.1) is 0 Å². The minimum atomic E-state index is -4.16. The third-order valence-corrected chi connectivity index (χ3v) is 7.51. The van der Waals surface area contributed by atoms with Crippen LogP contribution in [0.5, 0.6) is 5.75 Å². The Hall–Kier alpha value is -2.62. The monoisotopic (exact) mass is 475 g/mol. The van der Waals surface area contributed by atoms with Crippen molar-refractivity contribution in [3.05, 3.63) is 59.0 Å². The van der Waals surface area contributed by atoms with Crippen LogP contribution in [-0.4, -0.2) is 40.7 Å². The summed E-state index contributed by atoms with van der Waals surface area (Å²) in [5.41, 5.74) is 2.62. The van der Waals surface area contributed by atoms with Crippen LogP contribution in [-0.2, 0) is 10.0 Å². The van der Waals surface area contributed by atoms with E-state index in [0.717, 1.165) is 24.3 Å². The summed E-state index contributed by atoms with van der Waals surface area (Å²) in [4.78, 5) is 1.78. The van der Waals surface area contributed by atoms with E-state index in [-0.39, 0.29) is 5.69 Å². The van der Waals surface area contributed by atoms with Gasteiger partial charge in [0.05, 0.1) is 12.8 Å². The number of anilines is 2. The average Bonchev–Trinajstić information content (AvgIpc) is 3.27. The number of piperazine rings is 1. The van der Waals surface area contributed by atoms with Crippen LogP contribution in [0.3, 0.4) is 0 Å². The standard InChI is InChI=1S/C23H26FN3O3S2/c1-15-12-27(13-16(2)25-15)19-5-6-22(30-3)21(11-19)26-32(28,29)23-7-4-17(10-20(23)24)18-8-9-31-14-18/h4-11,14-16,25-26H,12-13H2,1-3H3. The van der Waals surface area contributed by atoms with Gasteiger partial charge in [-0.2, -0.15) is 11.3 Å². The molecule has 2 unspecified atom stereocenters. The lowest BCUT2D eigenvalue weighted by Gasteiger charge is -2.38. The first-order valence-electron chi connectivity index (χ1n) is 10.3. The maximum absolute atomic E-state index is 14.8. The SMILES string of the molecule is COc1ccc(N2CC(C)NC(C)C2)cc1NS(=O)(=O)c1ccc(-c2ccsc2)cc1F. The van der Waals surface area contributed by atoms with Crippen molar-refractivity contribution in [3.63, 3.8) is 0 Å². The molecule has 1 aliphatic heterocycles. The highest BCUT2D eigenvalue weighted by atomic mass is 32.2. The molecular formula is C23H26FN3O3S2. The summed E-state index contributed by atoms with van der Waals surface area (Å²) in [6.45, 7) is 5.81. The lowest BCUT2D eigenvalue weighted by atomic mass is 10.1. The molecule has 0 spiro atoms. The van der Waals surface area contributed by atoms with Crippen LogP contribution < -0.4 is 19.7 Å². The van der Waals surface area contributed by atoms with Gasteiger partial charge >= 0.3 is 0 Å². The molecule has 0 bridgehead atoms. The molecule has 3 aromatic rings. The van der Waals surface area contributed by atoms with E-state index >= 15 is 0 Å². The molecule has 1 aliphatic rings. The smallest absolute Gasteiger partial charge is 0.264 e. The average molecular weight is 476 g/mol. The third-order valence-electron chi connectivity index (χ3n) is 5.43. The van der Waals surface area contributed by atoms with Crippen LogP contribution in [0.15, 0.2) is 58.1 Å². The van der Waals surface area contributed by atoms with Crippen molar-refractivity contribution in [2.45, 2.75) is 30.8 Å². The summed E-state index contributed by atoms with van der Waals surface area (Å²) in [6.07, 6.45) is 0. The number of thiophene rings is 1. The van der Waals surface area contributed by atoms with Crippen LogP contribution in [0.25, 0.3) is 11.1 Å². The summed E-state index contributed by atoms with van der Waals surface area (Å²) in [5.74, 6) is -0.440. The molecule has 1 saturated heterocycles. The van der Waals surface area contributed by atoms with Gasteiger partial charge in [-0.3, -0.25) is 4.72 Å². The van der Waals surface area contributed by atoms with E-state index in [1.54, 1.807) is 18.2 Å². The predicted molar refractivity (Wildman–Crippen MR) is 128 cm³/mol. The zero-order valence-electron chi connectivity index (χ0n) is 18.1. The van der Waals surface area contributed by atoms with Crippen molar-refractivity contribution < 1.29 is 17.5 Å². The van der Waals surface area contributed by atoms with Crippen LogP contribution >= 0.6 is 11.3 Å². The molecule has 4 rings (SSSR count). The minimum Gasteiger partial charge on any atom is -0.495 e. The van der Waals surface area contributed by atoms with Crippen LogP contribution in [0.1, 0.15) is 13.8 Å². The van der Waals surface area contributed by atoms with E-state index in [0.29, 0.717) is 23.4 Å². The minimum absolute atomic E-state index is 0.269. The molecule has 9 heteroatoms. The summed E-state index contributed by atoms with van der Waals surface area (Å²) in [6, 6.07) is 12.0. The largest absolute Gasteiger partial charge is 0.495 e. The second-order valence-corrected chi connectivity index (χ2v) is 10.5. The molecule has 2 N–H and O–H groups in total. The Labute approximate surface area is 192 Å². The van der Waals surface area contributed by atoms with Gasteiger partial charge in [0.15, 0.2) is 0 Å². The molecule has 0 saturated carbocycles. The number of nitrogens with zero attached hydrogens (tertiary/aromatic N) is 1. The van der Waals surface area contributed by atoms with Gasteiger partial charge < -0.3 is 15.0 Å². The molecule has 0 aliphatic carbocycles. The van der Waals surface area contributed by atoms with Gasteiger partial charge in [-0.1, -0.05) is 6.07 Å². The van der Waals surface area contributed by atoms with Gasteiger partial charge in [0.2, 0.25) is 0 Å². The molecule has 6 nitrogen and oxygen atoms in total. The fourth-order valence-corrected chi connectivity index (χ4v) is 5.82. The third kappa shape index (κ3) is 4.74. The molecule has 32 heavy (non-hydrogen) atoms. The Bertz CT molecular complexity index is 1190. The maximum Gasteiger partial charge on any atom is 0.264 e. The fourth-order valence-electron chi connectivity index (χ4n) is 4.04. The molecule has 2 aromatic carbocycles.